The average molecular weight is 245 g/mol. The molecule has 0 amide bonds. The van der Waals surface area contributed by atoms with E-state index in [1.54, 1.807) is 5.56 Å². The smallest absolute Gasteiger partial charge is 0.00831 e. The molecule has 1 N–H and O–H groups in total. The van der Waals surface area contributed by atoms with Crippen LogP contribution in [0.5, 0.6) is 0 Å². The third kappa shape index (κ3) is 2.47. The molecule has 1 fully saturated rings. The fourth-order valence-corrected chi connectivity index (χ4v) is 3.25. The third-order valence-electron chi connectivity index (χ3n) is 4.77. The Kier molecular flexibility index (Phi) is 4.11. The van der Waals surface area contributed by atoms with Crippen LogP contribution in [0.2, 0.25) is 0 Å². The molecule has 18 heavy (non-hydrogen) atoms. The quantitative estimate of drug-likeness (QED) is 0.827. The van der Waals surface area contributed by atoms with Crippen LogP contribution in [0.25, 0.3) is 0 Å². The summed E-state index contributed by atoms with van der Waals surface area (Å²) in [4.78, 5) is 0. The molecule has 0 saturated heterocycles. The van der Waals surface area contributed by atoms with Gasteiger partial charge < -0.3 is 5.32 Å². The van der Waals surface area contributed by atoms with Gasteiger partial charge in [-0.1, -0.05) is 38.5 Å². The minimum atomic E-state index is 0.412. The lowest BCUT2D eigenvalue weighted by Crippen LogP contribution is -2.48. The number of nitrogens with one attached hydrogen (secondary N) is 1. The summed E-state index contributed by atoms with van der Waals surface area (Å²) in [5, 5.41) is 3.57. The molecule has 1 aliphatic carbocycles. The van der Waals surface area contributed by atoms with E-state index in [4.69, 9.17) is 0 Å². The lowest BCUT2D eigenvalue weighted by atomic mass is 9.57. The van der Waals surface area contributed by atoms with Crippen molar-refractivity contribution in [2.24, 2.45) is 5.92 Å². The van der Waals surface area contributed by atoms with E-state index in [9.17, 15) is 0 Å². The monoisotopic (exact) mass is 245 g/mol. The second-order valence-electron chi connectivity index (χ2n) is 6.04. The Labute approximate surface area is 112 Å². The molecule has 1 saturated carbocycles. The predicted octanol–water partition coefficient (Wildman–Crippen LogP) is 3.97. The Morgan fingerprint density at radius 1 is 1.17 bits per heavy atom. The molecule has 0 aromatic heterocycles. The molecule has 100 valence electrons. The van der Waals surface area contributed by atoms with Gasteiger partial charge in [0.15, 0.2) is 0 Å². The van der Waals surface area contributed by atoms with E-state index in [2.05, 4.69) is 51.2 Å². The van der Waals surface area contributed by atoms with E-state index < -0.39 is 0 Å². The van der Waals surface area contributed by atoms with Crippen LogP contribution in [-0.2, 0) is 5.41 Å². The summed E-state index contributed by atoms with van der Waals surface area (Å²) < 4.78 is 0. The minimum Gasteiger partial charge on any atom is -0.316 e. The van der Waals surface area contributed by atoms with Crippen molar-refractivity contribution >= 4 is 0 Å². The minimum absolute atomic E-state index is 0.412. The topological polar surface area (TPSA) is 12.0 Å². The fourth-order valence-electron chi connectivity index (χ4n) is 3.25. The van der Waals surface area contributed by atoms with Crippen molar-refractivity contribution in [3.05, 3.63) is 34.9 Å². The van der Waals surface area contributed by atoms with Crippen molar-refractivity contribution in [3.63, 3.8) is 0 Å². The summed E-state index contributed by atoms with van der Waals surface area (Å²) in [6.45, 7) is 11.2. The fraction of sp³-hybridized carbons (Fsp3) is 0.647. The standard InChI is InChI=1S/C17H27N/c1-5-15-10-17(11-15,12-18-6-2)16-8-7-13(3)14(4)9-16/h7-9,15,18H,5-6,10-12H2,1-4H3. The first-order valence-electron chi connectivity index (χ1n) is 7.39. The first-order chi connectivity index (χ1) is 8.61. The van der Waals surface area contributed by atoms with Crippen LogP contribution < -0.4 is 5.32 Å². The molecule has 1 aromatic carbocycles. The summed E-state index contributed by atoms with van der Waals surface area (Å²) in [6, 6.07) is 7.06. The summed E-state index contributed by atoms with van der Waals surface area (Å²) >= 11 is 0. The highest BCUT2D eigenvalue weighted by atomic mass is 14.9. The number of rotatable bonds is 5. The Balaban J connectivity index is 2.21. The summed E-state index contributed by atoms with van der Waals surface area (Å²) in [7, 11) is 0. The summed E-state index contributed by atoms with van der Waals surface area (Å²) in [5.41, 5.74) is 4.80. The van der Waals surface area contributed by atoms with Crippen LogP contribution >= 0.6 is 0 Å². The highest BCUT2D eigenvalue weighted by Gasteiger charge is 2.44. The van der Waals surface area contributed by atoms with Crippen LogP contribution in [0.1, 0.15) is 49.8 Å². The number of hydrogen-bond donors (Lipinski definition) is 1. The van der Waals surface area contributed by atoms with Gasteiger partial charge >= 0.3 is 0 Å². The summed E-state index contributed by atoms with van der Waals surface area (Å²) in [6.07, 6.45) is 4.05. The Hall–Kier alpha value is -0.820. The molecule has 0 spiro atoms. The van der Waals surface area contributed by atoms with Gasteiger partial charge in [0.2, 0.25) is 0 Å². The zero-order valence-electron chi connectivity index (χ0n) is 12.3. The van der Waals surface area contributed by atoms with Gasteiger partial charge in [0.05, 0.1) is 0 Å². The maximum atomic E-state index is 3.57. The highest BCUT2D eigenvalue weighted by molar-refractivity contribution is 5.37. The van der Waals surface area contributed by atoms with Crippen LogP contribution in [0, 0.1) is 19.8 Å². The second kappa shape index (κ2) is 5.44. The van der Waals surface area contributed by atoms with Crippen LogP contribution in [0.3, 0.4) is 0 Å². The van der Waals surface area contributed by atoms with Crippen molar-refractivity contribution in [3.8, 4) is 0 Å². The average Bonchev–Trinajstić information content (AvgIpc) is 2.32. The molecular formula is C17H27N. The van der Waals surface area contributed by atoms with Gasteiger partial charge in [0.25, 0.3) is 0 Å². The van der Waals surface area contributed by atoms with Gasteiger partial charge in [0, 0.05) is 12.0 Å². The number of likely N-dealkylation sites (N-methyl/N-ethyl adjacent to an activating group) is 1. The first kappa shape index (κ1) is 13.6. The van der Waals surface area contributed by atoms with Gasteiger partial charge in [0.1, 0.15) is 0 Å². The van der Waals surface area contributed by atoms with E-state index in [0.29, 0.717) is 5.41 Å². The van der Waals surface area contributed by atoms with E-state index in [0.717, 1.165) is 19.0 Å². The van der Waals surface area contributed by atoms with Crippen molar-refractivity contribution < 1.29 is 0 Å². The largest absolute Gasteiger partial charge is 0.316 e. The van der Waals surface area contributed by atoms with Gasteiger partial charge in [-0.3, -0.25) is 0 Å². The third-order valence-corrected chi connectivity index (χ3v) is 4.77. The SMILES string of the molecule is CCNCC1(c2ccc(C)c(C)c2)CC(CC)C1. The zero-order valence-corrected chi connectivity index (χ0v) is 12.3. The first-order valence-corrected chi connectivity index (χ1v) is 7.39. The molecule has 0 unspecified atom stereocenters. The number of benzene rings is 1. The highest BCUT2D eigenvalue weighted by Crippen LogP contribution is 2.49. The second-order valence-corrected chi connectivity index (χ2v) is 6.04. The van der Waals surface area contributed by atoms with Crippen molar-refractivity contribution in [1.82, 2.24) is 5.32 Å². The normalized spacial score (nSPS) is 27.0. The molecule has 0 radical (unpaired) electrons. The Morgan fingerprint density at radius 3 is 2.44 bits per heavy atom. The summed E-state index contributed by atoms with van der Waals surface area (Å²) in [5.74, 6) is 0.935. The van der Waals surface area contributed by atoms with Crippen LogP contribution in [-0.4, -0.2) is 13.1 Å². The molecule has 1 aromatic rings. The lowest BCUT2D eigenvalue weighted by molar-refractivity contribution is 0.134. The van der Waals surface area contributed by atoms with Crippen molar-refractivity contribution in [2.75, 3.05) is 13.1 Å². The molecule has 1 aliphatic rings. The number of aryl methyl sites for hydroxylation is 2. The molecule has 1 nitrogen and oxygen atoms in total. The molecule has 0 aliphatic heterocycles. The van der Waals surface area contributed by atoms with Gasteiger partial charge in [-0.25, -0.2) is 0 Å². The Morgan fingerprint density at radius 2 is 1.89 bits per heavy atom. The molecule has 1 heteroatoms. The Bertz CT molecular complexity index is 397. The van der Waals surface area contributed by atoms with E-state index in [1.165, 1.54) is 30.4 Å². The molecule has 0 bridgehead atoms. The molecular weight excluding hydrogens is 218 g/mol. The number of hydrogen-bond acceptors (Lipinski definition) is 1. The van der Waals surface area contributed by atoms with Crippen LogP contribution in [0.15, 0.2) is 18.2 Å². The van der Waals surface area contributed by atoms with Crippen LogP contribution in [0.4, 0.5) is 0 Å². The van der Waals surface area contributed by atoms with Crippen molar-refractivity contribution in [2.45, 2.75) is 52.4 Å². The molecule has 0 atom stereocenters. The van der Waals surface area contributed by atoms with Gasteiger partial charge in [-0.15, -0.1) is 0 Å². The van der Waals surface area contributed by atoms with E-state index in [1.807, 2.05) is 0 Å². The van der Waals surface area contributed by atoms with Gasteiger partial charge in [-0.2, -0.15) is 0 Å². The van der Waals surface area contributed by atoms with E-state index >= 15 is 0 Å². The molecule has 0 heterocycles. The van der Waals surface area contributed by atoms with E-state index in [-0.39, 0.29) is 0 Å². The molecule has 2 rings (SSSR count). The van der Waals surface area contributed by atoms with Crippen molar-refractivity contribution in [1.29, 1.82) is 0 Å². The zero-order chi connectivity index (χ0) is 13.2. The maximum Gasteiger partial charge on any atom is 0.00831 e. The predicted molar refractivity (Wildman–Crippen MR) is 79.2 cm³/mol. The van der Waals surface area contributed by atoms with Gasteiger partial charge in [-0.05, 0) is 55.8 Å². The maximum absolute atomic E-state index is 3.57. The lowest BCUT2D eigenvalue weighted by Gasteiger charge is -2.48.